The molecule has 0 radical (unpaired) electrons. The third-order valence-corrected chi connectivity index (χ3v) is 11.0. The van der Waals surface area contributed by atoms with Crippen LogP contribution >= 0.6 is 60.0 Å². The van der Waals surface area contributed by atoms with Crippen LogP contribution in [-0.4, -0.2) is 50.8 Å². The summed E-state index contributed by atoms with van der Waals surface area (Å²) in [5, 5.41) is 0. The minimum absolute atomic E-state index is 0.695. The normalized spacial score (nSPS) is 9.38. The van der Waals surface area contributed by atoms with E-state index in [2.05, 4.69) is 0 Å². The Hall–Kier alpha value is -2.10. The number of nitrogens with two attached hydrogens (primary N) is 4. The number of fused-ring (bicyclic) bond motifs is 4. The van der Waals surface area contributed by atoms with Crippen LogP contribution in [-0.2, 0) is 9.59 Å². The molecule has 14 heteroatoms. The highest BCUT2D eigenvalue weighted by Crippen LogP contribution is 2.35. The molecule has 2 amide bonds. The zero-order valence-corrected chi connectivity index (χ0v) is 22.8. The first kappa shape index (κ1) is 27.9. The molecular weight excluding hydrogens is 525 g/mol. The van der Waals surface area contributed by atoms with Crippen LogP contribution in [0.15, 0.2) is 24.3 Å². The molecule has 3 aromatic rings. The number of carbonyl (C=O) groups excluding carboxylic acids is 2. The van der Waals surface area contributed by atoms with E-state index in [0.29, 0.717) is 22.7 Å². The zero-order chi connectivity index (χ0) is 24.3. The van der Waals surface area contributed by atoms with Crippen LogP contribution in [0.25, 0.3) is 18.8 Å². The zero-order valence-electron chi connectivity index (χ0n) is 17.9. The van der Waals surface area contributed by atoms with Crippen LogP contribution in [0.3, 0.4) is 0 Å². The van der Waals surface area contributed by atoms with Crippen molar-refractivity contribution in [2.45, 2.75) is 0 Å². The van der Waals surface area contributed by atoms with Gasteiger partial charge < -0.3 is 32.7 Å². The van der Waals surface area contributed by atoms with Gasteiger partial charge >= 0.3 is 0 Å². The van der Waals surface area contributed by atoms with Crippen molar-refractivity contribution in [1.82, 2.24) is 9.80 Å². The lowest BCUT2D eigenvalue weighted by molar-refractivity contribution is -0.116. The van der Waals surface area contributed by atoms with Crippen LogP contribution in [0.2, 0.25) is 0 Å². The minimum Gasteiger partial charge on any atom is -0.397 e. The van der Waals surface area contributed by atoms with E-state index in [9.17, 15) is 9.59 Å². The molecule has 0 saturated carbocycles. The van der Waals surface area contributed by atoms with Gasteiger partial charge in [-0.1, -0.05) is 41.4 Å². The molecule has 2 aromatic carbocycles. The fraction of sp³-hybridized carbons (Fsp3) is 0.222. The fourth-order valence-electron chi connectivity index (χ4n) is 1.66. The van der Waals surface area contributed by atoms with Gasteiger partial charge in [-0.25, -0.2) is 0 Å². The summed E-state index contributed by atoms with van der Waals surface area (Å²) in [7, 11) is 16.4. The summed E-state index contributed by atoms with van der Waals surface area (Å²) >= 11 is 0. The summed E-state index contributed by atoms with van der Waals surface area (Å²) in [6, 6.07) is 7.69. The Morgan fingerprint density at radius 2 is 0.781 bits per heavy atom. The molecular formula is C18H26N6O2S6. The Morgan fingerprint density at radius 1 is 0.562 bits per heavy atom. The highest BCUT2D eigenvalue weighted by molar-refractivity contribution is 7.96. The summed E-state index contributed by atoms with van der Waals surface area (Å²) < 4.78 is 4.04. The van der Waals surface area contributed by atoms with Gasteiger partial charge in [-0.05, 0) is 43.0 Å². The topological polar surface area (TPSA) is 145 Å². The van der Waals surface area contributed by atoms with Crippen molar-refractivity contribution in [3.05, 3.63) is 24.3 Å². The van der Waals surface area contributed by atoms with E-state index < -0.39 is 0 Å². The number of anilines is 4. The maximum atomic E-state index is 9.43. The lowest BCUT2D eigenvalue weighted by Crippen LogP contribution is -2.06. The number of rotatable bonds is 2. The van der Waals surface area contributed by atoms with Crippen molar-refractivity contribution in [2.24, 2.45) is 0 Å². The van der Waals surface area contributed by atoms with Gasteiger partial charge in [-0.2, -0.15) is 0 Å². The van der Waals surface area contributed by atoms with E-state index in [0.717, 1.165) is 31.6 Å². The standard InChI is InChI=1S/C12H12N4S6.2C3H7NO/c13-5-1-6(14)10-3-9(5)17-21-19-11-4-12(20-22-18-10)8(16)2-7(11)15;2*1-4(2)3-5/h1-4H,13-16H2;2*3H,1-2H3. The number of hydrogen-bond acceptors (Lipinski definition) is 12. The number of amides is 2. The summed E-state index contributed by atoms with van der Waals surface area (Å²) in [4.78, 5) is 21.8. The maximum Gasteiger partial charge on any atom is 0.209 e. The first-order chi connectivity index (χ1) is 15.1. The van der Waals surface area contributed by atoms with Crippen LogP contribution in [0, 0.1) is 0 Å². The fourth-order valence-corrected chi connectivity index (χ4v) is 9.52. The molecule has 0 saturated heterocycles. The van der Waals surface area contributed by atoms with Crippen molar-refractivity contribution in [3.63, 3.8) is 0 Å². The molecule has 3 rings (SSSR count). The molecule has 1 heterocycles. The number of nitrogens with zero attached hydrogens (tertiary/aromatic N) is 2. The van der Waals surface area contributed by atoms with Gasteiger partial charge in [0, 0.05) is 28.2 Å². The Bertz CT molecular complexity index is 993. The monoisotopic (exact) mass is 550 g/mol. The Balaban J connectivity index is 0.000000431. The third kappa shape index (κ3) is 9.58. The van der Waals surface area contributed by atoms with Crippen LogP contribution < -0.4 is 22.9 Å². The van der Waals surface area contributed by atoms with E-state index in [-0.39, 0.29) is 0 Å². The van der Waals surface area contributed by atoms with E-state index in [1.165, 1.54) is 9.80 Å². The molecule has 0 atom stereocenters. The molecule has 0 aliphatic heterocycles. The molecule has 176 valence electrons. The SMILES string of the molecule is CN(C)C=O.CN(C)C=O.Nc1cc(N)c2cc1sssc1cc(sss2)c(N)cc1N. The van der Waals surface area contributed by atoms with Gasteiger partial charge in [-0.15, -0.1) is 0 Å². The molecule has 8 N–H and O–H groups in total. The van der Waals surface area contributed by atoms with Gasteiger partial charge in [0.15, 0.2) is 0 Å². The molecule has 8 nitrogen and oxygen atoms in total. The highest BCUT2D eigenvalue weighted by Gasteiger charge is 2.01. The predicted molar refractivity (Wildman–Crippen MR) is 150 cm³/mol. The lowest BCUT2D eigenvalue weighted by atomic mass is 10.3. The van der Waals surface area contributed by atoms with Crippen molar-refractivity contribution < 1.29 is 9.59 Å². The molecule has 1 aromatic heterocycles. The number of hydrogen-bond donors (Lipinski definition) is 4. The molecule has 0 unspecified atom stereocenters. The van der Waals surface area contributed by atoms with Crippen LogP contribution in [0.5, 0.6) is 0 Å². The van der Waals surface area contributed by atoms with Gasteiger partial charge in [0.05, 0.1) is 41.5 Å². The number of carbonyl (C=O) groups is 2. The first-order valence-electron chi connectivity index (χ1n) is 8.72. The van der Waals surface area contributed by atoms with Crippen molar-refractivity contribution in [1.29, 1.82) is 0 Å². The molecule has 0 spiro atoms. The summed E-state index contributed by atoms with van der Waals surface area (Å²) in [5.41, 5.74) is 26.9. The van der Waals surface area contributed by atoms with E-state index in [1.807, 2.05) is 24.3 Å². The first-order valence-corrected chi connectivity index (χ1v) is 15.7. The second kappa shape index (κ2) is 14.1. The average molecular weight is 551 g/mol. The molecule has 0 aliphatic carbocycles. The Labute approximate surface area is 208 Å². The second-order valence-corrected chi connectivity index (χ2v) is 14.4. The van der Waals surface area contributed by atoms with Gasteiger partial charge in [0.2, 0.25) is 12.8 Å². The quantitative estimate of drug-likeness (QED) is 0.203. The largest absolute Gasteiger partial charge is 0.397 e. The van der Waals surface area contributed by atoms with Crippen molar-refractivity contribution in [2.75, 3.05) is 51.1 Å². The van der Waals surface area contributed by atoms with Crippen LogP contribution in [0.4, 0.5) is 22.7 Å². The van der Waals surface area contributed by atoms with E-state index in [4.69, 9.17) is 22.9 Å². The minimum atomic E-state index is 0.695. The molecule has 4 bridgehead atoms. The summed E-state index contributed by atoms with van der Waals surface area (Å²) in [6.07, 6.45) is 1.50. The molecule has 32 heavy (non-hydrogen) atoms. The summed E-state index contributed by atoms with van der Waals surface area (Å²) in [5.74, 6) is 0. The Morgan fingerprint density at radius 3 is 0.969 bits per heavy atom. The van der Waals surface area contributed by atoms with Gasteiger partial charge in [-0.3, -0.25) is 9.59 Å². The van der Waals surface area contributed by atoms with Crippen molar-refractivity contribution >= 4 is 114 Å². The lowest BCUT2D eigenvalue weighted by Gasteiger charge is -2.00. The van der Waals surface area contributed by atoms with Gasteiger partial charge in [0.1, 0.15) is 0 Å². The maximum absolute atomic E-state index is 9.43. The summed E-state index contributed by atoms with van der Waals surface area (Å²) in [6.45, 7) is 0. The smallest absolute Gasteiger partial charge is 0.209 e. The van der Waals surface area contributed by atoms with E-state index in [1.54, 1.807) is 88.2 Å². The number of benzene rings is 2. The second-order valence-electron chi connectivity index (χ2n) is 6.46. The number of nitrogen functional groups attached to an aromatic ring is 4. The Kier molecular flexibility index (Phi) is 12.3. The predicted octanol–water partition coefficient (Wildman–Crippen LogP) is 4.91. The van der Waals surface area contributed by atoms with Crippen molar-refractivity contribution in [3.8, 4) is 0 Å². The average Bonchev–Trinajstić information content (AvgIpc) is 2.73. The molecule has 0 aliphatic rings. The van der Waals surface area contributed by atoms with Crippen LogP contribution in [0.1, 0.15) is 0 Å². The third-order valence-electron chi connectivity index (χ3n) is 3.20. The molecule has 0 fully saturated rings. The highest BCUT2D eigenvalue weighted by atomic mass is 33.2. The van der Waals surface area contributed by atoms with Gasteiger partial charge in [0.25, 0.3) is 0 Å². The van der Waals surface area contributed by atoms with E-state index >= 15 is 0 Å².